The number of carbonyl (C=O) groups excluding carboxylic acids is 1. The molecule has 0 atom stereocenters. The Morgan fingerprint density at radius 3 is 2.64 bits per heavy atom. The lowest BCUT2D eigenvalue weighted by Crippen LogP contribution is -2.24. The first-order chi connectivity index (χ1) is 12.2. The average molecular weight is 335 g/mol. The molecule has 1 N–H and O–H groups in total. The molecule has 2 aromatic carbocycles. The van der Waals surface area contributed by atoms with Crippen molar-refractivity contribution in [2.75, 3.05) is 7.11 Å². The Morgan fingerprint density at radius 2 is 1.92 bits per heavy atom. The lowest BCUT2D eigenvalue weighted by molar-refractivity contribution is -0.120. The van der Waals surface area contributed by atoms with Crippen LogP contribution in [0.15, 0.2) is 67.3 Å². The number of hydrogen-bond acceptors (Lipinski definition) is 3. The summed E-state index contributed by atoms with van der Waals surface area (Å²) in [5.41, 5.74) is 3.21. The van der Waals surface area contributed by atoms with Crippen LogP contribution in [0.4, 0.5) is 0 Å². The van der Waals surface area contributed by atoms with Gasteiger partial charge in [-0.1, -0.05) is 36.4 Å². The Labute approximate surface area is 147 Å². The van der Waals surface area contributed by atoms with Crippen LogP contribution in [-0.2, 0) is 24.3 Å². The molecule has 0 saturated carbocycles. The van der Waals surface area contributed by atoms with E-state index in [9.17, 15) is 4.79 Å². The SMILES string of the molecule is COc1cccc(CC(=O)NCc2ccc(Cn3ccnc3)cc2)c1. The monoisotopic (exact) mass is 335 g/mol. The highest BCUT2D eigenvalue weighted by Gasteiger charge is 2.05. The molecule has 0 fully saturated rings. The number of rotatable bonds is 7. The molecule has 1 aromatic heterocycles. The topological polar surface area (TPSA) is 56.1 Å². The van der Waals surface area contributed by atoms with Gasteiger partial charge < -0.3 is 14.6 Å². The Balaban J connectivity index is 1.49. The van der Waals surface area contributed by atoms with Crippen molar-refractivity contribution in [1.29, 1.82) is 0 Å². The minimum absolute atomic E-state index is 0.00394. The first-order valence-electron chi connectivity index (χ1n) is 8.16. The minimum atomic E-state index is -0.00394. The maximum absolute atomic E-state index is 12.1. The fraction of sp³-hybridized carbons (Fsp3) is 0.200. The number of nitrogens with one attached hydrogen (secondary N) is 1. The van der Waals surface area contributed by atoms with Gasteiger partial charge in [0.15, 0.2) is 0 Å². The molecule has 0 saturated heterocycles. The van der Waals surface area contributed by atoms with Gasteiger partial charge in [-0.3, -0.25) is 4.79 Å². The predicted octanol–water partition coefficient (Wildman–Crippen LogP) is 2.80. The molecule has 128 valence electrons. The Kier molecular flexibility index (Phi) is 5.46. The number of aromatic nitrogens is 2. The second kappa shape index (κ2) is 8.15. The number of carbonyl (C=O) groups is 1. The summed E-state index contributed by atoms with van der Waals surface area (Å²) in [6.07, 6.45) is 5.85. The van der Waals surface area contributed by atoms with E-state index in [2.05, 4.69) is 22.4 Å². The molecular formula is C20H21N3O2. The minimum Gasteiger partial charge on any atom is -0.497 e. The molecule has 0 bridgehead atoms. The van der Waals surface area contributed by atoms with Crippen LogP contribution in [0.25, 0.3) is 0 Å². The fourth-order valence-corrected chi connectivity index (χ4v) is 2.58. The smallest absolute Gasteiger partial charge is 0.224 e. The number of imidazole rings is 1. The van der Waals surface area contributed by atoms with Gasteiger partial charge in [-0.15, -0.1) is 0 Å². The van der Waals surface area contributed by atoms with Gasteiger partial charge in [0, 0.05) is 25.5 Å². The van der Waals surface area contributed by atoms with E-state index in [1.165, 1.54) is 5.56 Å². The Hall–Kier alpha value is -3.08. The van der Waals surface area contributed by atoms with Crippen molar-refractivity contribution in [2.45, 2.75) is 19.5 Å². The van der Waals surface area contributed by atoms with E-state index < -0.39 is 0 Å². The molecule has 25 heavy (non-hydrogen) atoms. The van der Waals surface area contributed by atoms with Crippen molar-refractivity contribution < 1.29 is 9.53 Å². The molecule has 3 aromatic rings. The van der Waals surface area contributed by atoms with Crippen LogP contribution in [0.5, 0.6) is 5.75 Å². The quantitative estimate of drug-likeness (QED) is 0.722. The van der Waals surface area contributed by atoms with Crippen molar-refractivity contribution in [3.05, 3.63) is 83.9 Å². The zero-order valence-corrected chi connectivity index (χ0v) is 14.2. The van der Waals surface area contributed by atoms with Gasteiger partial charge in [0.1, 0.15) is 5.75 Å². The van der Waals surface area contributed by atoms with Crippen molar-refractivity contribution in [2.24, 2.45) is 0 Å². The third kappa shape index (κ3) is 4.94. The lowest BCUT2D eigenvalue weighted by atomic mass is 10.1. The second-order valence-corrected chi connectivity index (χ2v) is 5.86. The maximum atomic E-state index is 12.1. The molecule has 3 rings (SSSR count). The lowest BCUT2D eigenvalue weighted by Gasteiger charge is -2.08. The third-order valence-corrected chi connectivity index (χ3v) is 3.94. The van der Waals surface area contributed by atoms with Gasteiger partial charge in [0.05, 0.1) is 19.9 Å². The zero-order chi connectivity index (χ0) is 17.5. The Bertz CT molecular complexity index is 811. The first kappa shape index (κ1) is 16.8. The highest BCUT2D eigenvalue weighted by Crippen LogP contribution is 2.13. The first-order valence-corrected chi connectivity index (χ1v) is 8.16. The highest BCUT2D eigenvalue weighted by atomic mass is 16.5. The van der Waals surface area contributed by atoms with E-state index in [4.69, 9.17) is 4.74 Å². The summed E-state index contributed by atoms with van der Waals surface area (Å²) in [7, 11) is 1.62. The van der Waals surface area contributed by atoms with Crippen LogP contribution in [0.3, 0.4) is 0 Å². The van der Waals surface area contributed by atoms with Gasteiger partial charge in [-0.05, 0) is 28.8 Å². The standard InChI is InChI=1S/C20H21N3O2/c1-25-19-4-2-3-18(11-19)12-20(24)22-13-16-5-7-17(8-6-16)14-23-10-9-21-15-23/h2-11,15H,12-14H2,1H3,(H,22,24). The molecule has 0 unspecified atom stereocenters. The average Bonchev–Trinajstić information content (AvgIpc) is 3.14. The Morgan fingerprint density at radius 1 is 1.12 bits per heavy atom. The summed E-state index contributed by atoms with van der Waals surface area (Å²) in [6.45, 7) is 1.32. The predicted molar refractivity (Wildman–Crippen MR) is 96.3 cm³/mol. The van der Waals surface area contributed by atoms with Crippen LogP contribution < -0.4 is 10.1 Å². The van der Waals surface area contributed by atoms with E-state index >= 15 is 0 Å². The maximum Gasteiger partial charge on any atom is 0.224 e. The van der Waals surface area contributed by atoms with Gasteiger partial charge in [0.25, 0.3) is 0 Å². The molecule has 0 radical (unpaired) electrons. The van der Waals surface area contributed by atoms with Crippen LogP contribution in [-0.4, -0.2) is 22.6 Å². The zero-order valence-electron chi connectivity index (χ0n) is 14.2. The summed E-state index contributed by atoms with van der Waals surface area (Å²) in [4.78, 5) is 16.1. The molecule has 0 aliphatic heterocycles. The number of nitrogens with zero attached hydrogens (tertiary/aromatic N) is 2. The van der Waals surface area contributed by atoms with Crippen LogP contribution in [0, 0.1) is 0 Å². The number of methoxy groups -OCH3 is 1. The van der Waals surface area contributed by atoms with Crippen molar-refractivity contribution in [3.8, 4) is 5.75 Å². The number of amides is 1. The van der Waals surface area contributed by atoms with E-state index in [0.29, 0.717) is 13.0 Å². The summed E-state index contributed by atoms with van der Waals surface area (Å²) < 4.78 is 7.20. The van der Waals surface area contributed by atoms with Gasteiger partial charge in [-0.2, -0.15) is 0 Å². The van der Waals surface area contributed by atoms with E-state index in [1.807, 2.05) is 47.2 Å². The van der Waals surface area contributed by atoms with Crippen LogP contribution in [0.1, 0.15) is 16.7 Å². The summed E-state index contributed by atoms with van der Waals surface area (Å²) in [5, 5.41) is 2.95. The number of benzene rings is 2. The number of ether oxygens (including phenoxy) is 1. The molecule has 0 spiro atoms. The van der Waals surface area contributed by atoms with Gasteiger partial charge >= 0.3 is 0 Å². The molecule has 0 aliphatic carbocycles. The van der Waals surface area contributed by atoms with Gasteiger partial charge in [0.2, 0.25) is 5.91 Å². The van der Waals surface area contributed by atoms with E-state index in [0.717, 1.165) is 23.4 Å². The second-order valence-electron chi connectivity index (χ2n) is 5.86. The van der Waals surface area contributed by atoms with Crippen LogP contribution in [0.2, 0.25) is 0 Å². The van der Waals surface area contributed by atoms with Crippen LogP contribution >= 0.6 is 0 Å². The summed E-state index contributed by atoms with van der Waals surface area (Å²) in [5.74, 6) is 0.759. The molecule has 1 heterocycles. The normalized spacial score (nSPS) is 10.4. The van der Waals surface area contributed by atoms with Crippen molar-refractivity contribution >= 4 is 5.91 Å². The molecule has 1 amide bonds. The van der Waals surface area contributed by atoms with Crippen molar-refractivity contribution in [1.82, 2.24) is 14.9 Å². The largest absolute Gasteiger partial charge is 0.497 e. The van der Waals surface area contributed by atoms with E-state index in [-0.39, 0.29) is 5.91 Å². The molecule has 5 heteroatoms. The fourth-order valence-electron chi connectivity index (χ4n) is 2.58. The van der Waals surface area contributed by atoms with E-state index in [1.54, 1.807) is 19.6 Å². The van der Waals surface area contributed by atoms with Crippen molar-refractivity contribution in [3.63, 3.8) is 0 Å². The molecule has 0 aliphatic rings. The van der Waals surface area contributed by atoms with Gasteiger partial charge in [-0.25, -0.2) is 4.98 Å². The number of hydrogen-bond donors (Lipinski definition) is 1. The summed E-state index contributed by atoms with van der Waals surface area (Å²) in [6, 6.07) is 15.8. The highest BCUT2D eigenvalue weighted by molar-refractivity contribution is 5.78. The third-order valence-electron chi connectivity index (χ3n) is 3.94. The molecule has 5 nitrogen and oxygen atoms in total. The summed E-state index contributed by atoms with van der Waals surface area (Å²) >= 11 is 0. The molecular weight excluding hydrogens is 314 g/mol.